The molecule has 0 aliphatic rings. The molecule has 6 heteroatoms. The minimum absolute atomic E-state index is 0.0592. The summed E-state index contributed by atoms with van der Waals surface area (Å²) in [5.41, 5.74) is 6.08. The van der Waals surface area contributed by atoms with E-state index >= 15 is 0 Å². The molecule has 0 bridgehead atoms. The van der Waals surface area contributed by atoms with Gasteiger partial charge in [0.25, 0.3) is 0 Å². The molecule has 2 rings (SSSR count). The van der Waals surface area contributed by atoms with Crippen LogP contribution in [0.3, 0.4) is 0 Å². The number of anilines is 1. The van der Waals surface area contributed by atoms with Crippen LogP contribution in [0.5, 0.6) is 5.75 Å². The fraction of sp³-hybridized carbons (Fsp3) is 0. The summed E-state index contributed by atoms with van der Waals surface area (Å²) in [6.07, 6.45) is 0. The Bertz CT molecular complexity index is 501. The van der Waals surface area contributed by atoms with Gasteiger partial charge in [-0.25, -0.2) is 0 Å². The number of aromatic hydroxyl groups is 1. The average molecular weight is 325 g/mol. The molecule has 2 aromatic carbocycles. The highest BCUT2D eigenvalue weighted by atomic mass is 35.5. The first-order valence-electron chi connectivity index (χ1n) is 4.75. The highest BCUT2D eigenvalue weighted by molar-refractivity contribution is 6.48. The molecule has 96 valence electrons. The number of hydrogen-bond donors (Lipinski definition) is 2. The standard InChI is InChI=1S/C6H3Cl3O.C6H6ClN/c7-3-1-2-4(10)6(9)5(3)8;7-5-2-1-3-6(8)4-5/h1-2,10H;1-4H,8H2. The fourth-order valence-electron chi connectivity index (χ4n) is 1.02. The van der Waals surface area contributed by atoms with E-state index in [0.29, 0.717) is 15.7 Å². The third kappa shape index (κ3) is 4.46. The summed E-state index contributed by atoms with van der Waals surface area (Å²) in [6, 6.07) is 9.98. The van der Waals surface area contributed by atoms with Gasteiger partial charge in [-0.1, -0.05) is 52.5 Å². The van der Waals surface area contributed by atoms with E-state index in [0.717, 1.165) is 0 Å². The van der Waals surface area contributed by atoms with Crippen molar-refractivity contribution in [2.75, 3.05) is 5.73 Å². The molecule has 2 aromatic rings. The Morgan fingerprint density at radius 1 is 0.889 bits per heavy atom. The van der Waals surface area contributed by atoms with Crippen molar-refractivity contribution in [3.05, 3.63) is 56.5 Å². The first-order valence-corrected chi connectivity index (χ1v) is 6.26. The normalized spacial score (nSPS) is 9.56. The minimum atomic E-state index is -0.0592. The molecule has 0 aliphatic heterocycles. The summed E-state index contributed by atoms with van der Waals surface area (Å²) in [5.74, 6) is -0.0592. The van der Waals surface area contributed by atoms with Gasteiger partial charge in [0.2, 0.25) is 0 Å². The van der Waals surface area contributed by atoms with E-state index in [4.69, 9.17) is 57.2 Å². The molecule has 2 nitrogen and oxygen atoms in total. The summed E-state index contributed by atoms with van der Waals surface area (Å²) >= 11 is 22.2. The van der Waals surface area contributed by atoms with Crippen LogP contribution in [0.15, 0.2) is 36.4 Å². The Balaban J connectivity index is 0.000000184. The quantitative estimate of drug-likeness (QED) is 0.512. The van der Waals surface area contributed by atoms with E-state index in [9.17, 15) is 0 Å². The van der Waals surface area contributed by atoms with Gasteiger partial charge in [-0.15, -0.1) is 0 Å². The van der Waals surface area contributed by atoms with E-state index in [2.05, 4.69) is 0 Å². The summed E-state index contributed by atoms with van der Waals surface area (Å²) < 4.78 is 0. The molecule has 0 amide bonds. The van der Waals surface area contributed by atoms with Crippen molar-refractivity contribution in [2.45, 2.75) is 0 Å². The lowest BCUT2D eigenvalue weighted by molar-refractivity contribution is 0.475. The molecule has 18 heavy (non-hydrogen) atoms. The molecule has 0 unspecified atom stereocenters. The number of halogens is 4. The molecule has 0 aliphatic carbocycles. The number of phenols is 1. The predicted molar refractivity (Wildman–Crippen MR) is 79.0 cm³/mol. The molecule has 0 spiro atoms. The van der Waals surface area contributed by atoms with E-state index in [1.165, 1.54) is 12.1 Å². The van der Waals surface area contributed by atoms with Crippen LogP contribution in [0, 0.1) is 0 Å². The van der Waals surface area contributed by atoms with Crippen molar-refractivity contribution in [2.24, 2.45) is 0 Å². The molecular formula is C12H9Cl4NO. The Morgan fingerprint density at radius 2 is 1.56 bits per heavy atom. The minimum Gasteiger partial charge on any atom is -0.506 e. The second-order valence-electron chi connectivity index (χ2n) is 3.25. The average Bonchev–Trinajstić information content (AvgIpc) is 2.32. The molecule has 0 saturated heterocycles. The third-order valence-electron chi connectivity index (χ3n) is 1.86. The van der Waals surface area contributed by atoms with Gasteiger partial charge in [-0.05, 0) is 30.3 Å². The number of benzene rings is 2. The zero-order valence-corrected chi connectivity index (χ0v) is 12.0. The van der Waals surface area contributed by atoms with Crippen LogP contribution in [0.25, 0.3) is 0 Å². The van der Waals surface area contributed by atoms with Crippen molar-refractivity contribution in [1.29, 1.82) is 0 Å². The highest BCUT2D eigenvalue weighted by Gasteiger charge is 2.06. The maximum atomic E-state index is 8.95. The van der Waals surface area contributed by atoms with Gasteiger partial charge < -0.3 is 10.8 Å². The van der Waals surface area contributed by atoms with Crippen molar-refractivity contribution in [3.63, 3.8) is 0 Å². The Kier molecular flexibility index (Phi) is 5.89. The van der Waals surface area contributed by atoms with E-state index in [1.54, 1.807) is 18.2 Å². The molecule has 0 radical (unpaired) electrons. The van der Waals surface area contributed by atoms with Crippen LogP contribution in [0.2, 0.25) is 20.1 Å². The summed E-state index contributed by atoms with van der Waals surface area (Å²) in [4.78, 5) is 0. The molecule has 0 heterocycles. The highest BCUT2D eigenvalue weighted by Crippen LogP contribution is 2.35. The number of nitrogens with two attached hydrogens (primary N) is 1. The maximum absolute atomic E-state index is 8.95. The van der Waals surface area contributed by atoms with Crippen molar-refractivity contribution >= 4 is 52.1 Å². The number of phenolic OH excluding ortho intramolecular Hbond substituents is 1. The molecule has 0 fully saturated rings. The van der Waals surface area contributed by atoms with Gasteiger partial charge in [0.15, 0.2) is 0 Å². The second-order valence-corrected chi connectivity index (χ2v) is 4.85. The first-order chi connectivity index (χ1) is 8.41. The number of hydrogen-bond acceptors (Lipinski definition) is 2. The largest absolute Gasteiger partial charge is 0.506 e. The van der Waals surface area contributed by atoms with E-state index in [-0.39, 0.29) is 15.8 Å². The fourth-order valence-corrected chi connectivity index (χ4v) is 1.75. The van der Waals surface area contributed by atoms with Gasteiger partial charge in [0, 0.05) is 10.7 Å². The van der Waals surface area contributed by atoms with Crippen LogP contribution in [0.1, 0.15) is 0 Å². The lowest BCUT2D eigenvalue weighted by atomic mass is 10.3. The van der Waals surface area contributed by atoms with Crippen molar-refractivity contribution in [1.82, 2.24) is 0 Å². The lowest BCUT2D eigenvalue weighted by Gasteiger charge is -1.99. The van der Waals surface area contributed by atoms with E-state index in [1.807, 2.05) is 6.07 Å². The van der Waals surface area contributed by atoms with Crippen LogP contribution in [0.4, 0.5) is 5.69 Å². The monoisotopic (exact) mass is 323 g/mol. The van der Waals surface area contributed by atoms with Gasteiger partial charge in [-0.3, -0.25) is 0 Å². The van der Waals surface area contributed by atoms with Crippen LogP contribution >= 0.6 is 46.4 Å². The second kappa shape index (κ2) is 6.95. The van der Waals surface area contributed by atoms with Gasteiger partial charge in [0.1, 0.15) is 10.8 Å². The van der Waals surface area contributed by atoms with Crippen LogP contribution in [-0.4, -0.2) is 5.11 Å². The van der Waals surface area contributed by atoms with E-state index < -0.39 is 0 Å². The zero-order valence-electron chi connectivity index (χ0n) is 9.00. The molecular weight excluding hydrogens is 316 g/mol. The molecule has 0 saturated carbocycles. The molecule has 3 N–H and O–H groups in total. The van der Waals surface area contributed by atoms with Gasteiger partial charge >= 0.3 is 0 Å². The molecule has 0 atom stereocenters. The number of nitrogen functional groups attached to an aromatic ring is 1. The Hall–Kier alpha value is -0.800. The summed E-state index contributed by atoms with van der Waals surface area (Å²) in [7, 11) is 0. The van der Waals surface area contributed by atoms with Crippen LogP contribution < -0.4 is 5.73 Å². The predicted octanol–water partition coefficient (Wildman–Crippen LogP) is 5.27. The Morgan fingerprint density at radius 3 is 2.00 bits per heavy atom. The van der Waals surface area contributed by atoms with Crippen molar-refractivity contribution in [3.8, 4) is 5.75 Å². The third-order valence-corrected chi connectivity index (χ3v) is 3.38. The summed E-state index contributed by atoms with van der Waals surface area (Å²) in [6.45, 7) is 0. The lowest BCUT2D eigenvalue weighted by Crippen LogP contribution is -1.80. The van der Waals surface area contributed by atoms with Crippen molar-refractivity contribution < 1.29 is 5.11 Å². The topological polar surface area (TPSA) is 46.2 Å². The molecule has 0 aromatic heterocycles. The summed E-state index contributed by atoms with van der Waals surface area (Å²) in [5, 5.41) is 10.2. The first kappa shape index (κ1) is 15.3. The smallest absolute Gasteiger partial charge is 0.135 e. The SMILES string of the molecule is Nc1cccc(Cl)c1.Oc1ccc(Cl)c(Cl)c1Cl. The zero-order chi connectivity index (χ0) is 13.7. The Labute approximate surface area is 125 Å². The maximum Gasteiger partial charge on any atom is 0.135 e. The van der Waals surface area contributed by atoms with Gasteiger partial charge in [0.05, 0.1) is 10.0 Å². The number of rotatable bonds is 0. The van der Waals surface area contributed by atoms with Gasteiger partial charge in [-0.2, -0.15) is 0 Å². The van der Waals surface area contributed by atoms with Crippen LogP contribution in [-0.2, 0) is 0 Å².